The third-order valence-corrected chi connectivity index (χ3v) is 2.87. The SMILES string of the molecule is CCOC(=O)C(NC)(C(=O)OCC)c1ccc(Cl)cn1. The van der Waals surface area contributed by atoms with E-state index in [1.54, 1.807) is 13.8 Å². The van der Waals surface area contributed by atoms with Crippen LogP contribution in [0, 0.1) is 0 Å². The standard InChI is InChI=1S/C13H17ClN2O4/c1-4-19-11(17)13(15-3,12(18)20-5-2)10-7-6-9(14)8-16-10/h6-8,15H,4-5H2,1-3H3. The molecular formula is C13H17ClN2O4. The van der Waals surface area contributed by atoms with Crippen molar-refractivity contribution >= 4 is 23.5 Å². The third-order valence-electron chi connectivity index (χ3n) is 2.65. The fourth-order valence-corrected chi connectivity index (χ4v) is 1.81. The van der Waals surface area contributed by atoms with Crippen LogP contribution in [0.1, 0.15) is 19.5 Å². The van der Waals surface area contributed by atoms with Crippen LogP contribution in [-0.2, 0) is 24.6 Å². The van der Waals surface area contributed by atoms with Crippen LogP contribution in [0.25, 0.3) is 0 Å². The number of rotatable bonds is 6. The molecule has 0 amide bonds. The third kappa shape index (κ3) is 3.08. The minimum atomic E-state index is -1.80. The highest BCUT2D eigenvalue weighted by atomic mass is 35.5. The van der Waals surface area contributed by atoms with Gasteiger partial charge in [0, 0.05) is 6.20 Å². The summed E-state index contributed by atoms with van der Waals surface area (Å²) in [6.07, 6.45) is 1.35. The Hall–Kier alpha value is -1.66. The fourth-order valence-electron chi connectivity index (χ4n) is 1.70. The van der Waals surface area contributed by atoms with E-state index in [9.17, 15) is 9.59 Å². The second-order valence-electron chi connectivity index (χ2n) is 3.80. The van der Waals surface area contributed by atoms with Crippen molar-refractivity contribution in [3.63, 3.8) is 0 Å². The van der Waals surface area contributed by atoms with E-state index in [0.717, 1.165) is 0 Å². The number of aromatic nitrogens is 1. The van der Waals surface area contributed by atoms with Crippen molar-refractivity contribution in [2.24, 2.45) is 0 Å². The first-order valence-corrected chi connectivity index (χ1v) is 6.56. The maximum absolute atomic E-state index is 12.2. The number of carbonyl (C=O) groups is 2. The number of likely N-dealkylation sites (N-methyl/N-ethyl adjacent to an activating group) is 1. The summed E-state index contributed by atoms with van der Waals surface area (Å²) in [5.74, 6) is -1.54. The minimum Gasteiger partial charge on any atom is -0.464 e. The number of hydrogen-bond donors (Lipinski definition) is 1. The first-order chi connectivity index (χ1) is 9.52. The predicted molar refractivity (Wildman–Crippen MR) is 73.3 cm³/mol. The van der Waals surface area contributed by atoms with Gasteiger partial charge < -0.3 is 9.47 Å². The number of nitrogens with zero attached hydrogens (tertiary/aromatic N) is 1. The number of carbonyl (C=O) groups excluding carboxylic acids is 2. The summed E-state index contributed by atoms with van der Waals surface area (Å²) in [5, 5.41) is 3.06. The van der Waals surface area contributed by atoms with E-state index in [-0.39, 0.29) is 18.9 Å². The van der Waals surface area contributed by atoms with Crippen molar-refractivity contribution in [2.75, 3.05) is 20.3 Å². The van der Waals surface area contributed by atoms with Gasteiger partial charge in [-0.2, -0.15) is 0 Å². The summed E-state index contributed by atoms with van der Waals surface area (Å²) in [7, 11) is 1.46. The predicted octanol–water partition coefficient (Wildman–Crippen LogP) is 1.28. The molecule has 1 rings (SSSR count). The lowest BCUT2D eigenvalue weighted by Crippen LogP contribution is -2.56. The van der Waals surface area contributed by atoms with Gasteiger partial charge in [-0.05, 0) is 33.0 Å². The summed E-state index contributed by atoms with van der Waals surface area (Å²) in [4.78, 5) is 28.5. The molecule has 1 aromatic heterocycles. The Bertz CT molecular complexity index is 458. The molecule has 6 nitrogen and oxygen atoms in total. The van der Waals surface area contributed by atoms with Crippen LogP contribution < -0.4 is 5.32 Å². The van der Waals surface area contributed by atoms with Crippen LogP contribution in [0.5, 0.6) is 0 Å². The zero-order valence-corrected chi connectivity index (χ0v) is 12.4. The van der Waals surface area contributed by atoms with E-state index < -0.39 is 17.5 Å². The highest BCUT2D eigenvalue weighted by Crippen LogP contribution is 2.24. The van der Waals surface area contributed by atoms with Crippen molar-refractivity contribution in [3.05, 3.63) is 29.0 Å². The molecule has 0 spiro atoms. The zero-order valence-electron chi connectivity index (χ0n) is 11.6. The topological polar surface area (TPSA) is 77.5 Å². The number of esters is 2. The summed E-state index contributed by atoms with van der Waals surface area (Å²) in [5.41, 5.74) is -1.63. The lowest BCUT2D eigenvalue weighted by molar-refractivity contribution is -0.167. The highest BCUT2D eigenvalue weighted by molar-refractivity contribution is 6.30. The maximum Gasteiger partial charge on any atom is 0.344 e. The molecule has 20 heavy (non-hydrogen) atoms. The second-order valence-corrected chi connectivity index (χ2v) is 4.24. The Morgan fingerprint density at radius 2 is 1.80 bits per heavy atom. The van der Waals surface area contributed by atoms with Gasteiger partial charge in [0.2, 0.25) is 0 Å². The van der Waals surface area contributed by atoms with E-state index >= 15 is 0 Å². The molecule has 1 N–H and O–H groups in total. The molecule has 0 aliphatic heterocycles. The van der Waals surface area contributed by atoms with Gasteiger partial charge in [0.1, 0.15) is 0 Å². The summed E-state index contributed by atoms with van der Waals surface area (Å²) in [6.45, 7) is 3.57. The Kier molecular flexibility index (Phi) is 5.91. The Balaban J connectivity index is 3.33. The van der Waals surface area contributed by atoms with Crippen molar-refractivity contribution < 1.29 is 19.1 Å². The highest BCUT2D eigenvalue weighted by Gasteiger charge is 2.51. The molecule has 1 heterocycles. The summed E-state index contributed by atoms with van der Waals surface area (Å²) >= 11 is 5.77. The normalized spacial score (nSPS) is 11.0. The molecule has 0 radical (unpaired) electrons. The van der Waals surface area contributed by atoms with Crippen molar-refractivity contribution in [1.29, 1.82) is 0 Å². The van der Waals surface area contributed by atoms with Gasteiger partial charge in [-0.15, -0.1) is 0 Å². The van der Waals surface area contributed by atoms with Gasteiger partial charge in [0.25, 0.3) is 5.54 Å². The first-order valence-electron chi connectivity index (χ1n) is 6.18. The number of pyridine rings is 1. The van der Waals surface area contributed by atoms with Gasteiger partial charge in [0.15, 0.2) is 0 Å². The van der Waals surface area contributed by atoms with Crippen LogP contribution in [0.4, 0.5) is 0 Å². The maximum atomic E-state index is 12.2. The van der Waals surface area contributed by atoms with E-state index in [4.69, 9.17) is 21.1 Å². The Morgan fingerprint density at radius 1 is 1.25 bits per heavy atom. The van der Waals surface area contributed by atoms with Crippen LogP contribution in [0.15, 0.2) is 18.3 Å². The molecule has 0 saturated heterocycles. The summed E-state index contributed by atoms with van der Waals surface area (Å²) < 4.78 is 9.95. The second kappa shape index (κ2) is 7.21. The van der Waals surface area contributed by atoms with E-state index in [1.807, 2.05) is 0 Å². The van der Waals surface area contributed by atoms with Crippen LogP contribution in [-0.4, -0.2) is 37.2 Å². The van der Waals surface area contributed by atoms with Gasteiger partial charge in [0.05, 0.1) is 23.9 Å². The molecule has 0 bridgehead atoms. The van der Waals surface area contributed by atoms with Crippen molar-refractivity contribution in [3.8, 4) is 0 Å². The largest absolute Gasteiger partial charge is 0.464 e. The van der Waals surface area contributed by atoms with E-state index in [0.29, 0.717) is 5.02 Å². The molecule has 0 aliphatic carbocycles. The number of nitrogens with one attached hydrogen (secondary N) is 1. The minimum absolute atomic E-state index is 0.134. The quantitative estimate of drug-likeness (QED) is 0.630. The molecule has 0 aromatic carbocycles. The molecular weight excluding hydrogens is 284 g/mol. The zero-order chi connectivity index (χ0) is 15.2. The van der Waals surface area contributed by atoms with Crippen molar-refractivity contribution in [1.82, 2.24) is 10.3 Å². The van der Waals surface area contributed by atoms with Gasteiger partial charge >= 0.3 is 11.9 Å². The first kappa shape index (κ1) is 16.4. The Labute approximate surface area is 122 Å². The molecule has 0 aliphatic rings. The molecule has 0 atom stereocenters. The fraction of sp³-hybridized carbons (Fsp3) is 0.462. The lowest BCUT2D eigenvalue weighted by Gasteiger charge is -2.27. The molecule has 7 heteroatoms. The van der Waals surface area contributed by atoms with Gasteiger partial charge in [-0.25, -0.2) is 9.59 Å². The summed E-state index contributed by atoms with van der Waals surface area (Å²) in [6, 6.07) is 3.01. The Morgan fingerprint density at radius 3 is 2.15 bits per heavy atom. The molecule has 0 fully saturated rings. The number of ether oxygens (including phenoxy) is 2. The van der Waals surface area contributed by atoms with Crippen LogP contribution in [0.3, 0.4) is 0 Å². The van der Waals surface area contributed by atoms with E-state index in [2.05, 4.69) is 10.3 Å². The van der Waals surface area contributed by atoms with Crippen molar-refractivity contribution in [2.45, 2.75) is 19.4 Å². The van der Waals surface area contributed by atoms with Crippen LogP contribution >= 0.6 is 11.6 Å². The number of hydrogen-bond acceptors (Lipinski definition) is 6. The van der Waals surface area contributed by atoms with Crippen LogP contribution in [0.2, 0.25) is 5.02 Å². The lowest BCUT2D eigenvalue weighted by atomic mass is 9.94. The smallest absolute Gasteiger partial charge is 0.344 e. The average molecular weight is 301 g/mol. The molecule has 1 aromatic rings. The molecule has 110 valence electrons. The van der Waals surface area contributed by atoms with Gasteiger partial charge in [-0.3, -0.25) is 10.3 Å². The van der Waals surface area contributed by atoms with E-state index in [1.165, 1.54) is 25.4 Å². The molecule has 0 saturated carbocycles. The average Bonchev–Trinajstić information content (AvgIpc) is 2.43. The molecule has 0 unspecified atom stereocenters. The monoisotopic (exact) mass is 300 g/mol. The number of halogens is 1. The van der Waals surface area contributed by atoms with Gasteiger partial charge in [-0.1, -0.05) is 11.6 Å².